The van der Waals surface area contributed by atoms with Crippen LogP contribution in [0.3, 0.4) is 0 Å². The van der Waals surface area contributed by atoms with E-state index in [1.165, 1.54) is 0 Å². The van der Waals surface area contributed by atoms with Crippen LogP contribution in [0.4, 0.5) is 4.79 Å². The predicted octanol–water partition coefficient (Wildman–Crippen LogP) is 0.307. The van der Waals surface area contributed by atoms with Gasteiger partial charge in [0.15, 0.2) is 0 Å². The molecule has 0 aromatic rings. The van der Waals surface area contributed by atoms with E-state index in [2.05, 4.69) is 0 Å². The highest BCUT2D eigenvalue weighted by atomic mass is 16.7. The number of ether oxygens (including phenoxy) is 10. The molecule has 0 aromatic heterocycles. The summed E-state index contributed by atoms with van der Waals surface area (Å²) in [5.41, 5.74) is -1.74. The molecule has 0 spiro atoms. The lowest BCUT2D eigenvalue weighted by Crippen LogP contribution is -2.44. The topological polar surface area (TPSA) is 231 Å². The van der Waals surface area contributed by atoms with E-state index >= 15 is 0 Å². The summed E-state index contributed by atoms with van der Waals surface area (Å²) >= 11 is 0. The minimum atomic E-state index is -0.939. The Morgan fingerprint density at radius 2 is 0.538 bits per heavy atom. The zero-order chi connectivity index (χ0) is 39.6. The van der Waals surface area contributed by atoms with E-state index in [0.29, 0.717) is 0 Å². The van der Waals surface area contributed by atoms with Gasteiger partial charge >= 0.3 is 6.16 Å². The first-order valence-electron chi connectivity index (χ1n) is 18.0. The van der Waals surface area contributed by atoms with Gasteiger partial charge in [0.05, 0.1) is 153 Å². The fourth-order valence-corrected chi connectivity index (χ4v) is 4.48. The Kier molecular flexibility index (Phi) is 28.3. The molecule has 0 aromatic carbocycles. The van der Waals surface area contributed by atoms with Gasteiger partial charge in [-0.05, 0) is 55.4 Å². The summed E-state index contributed by atoms with van der Waals surface area (Å²) in [5.74, 6) is 0. The van der Waals surface area contributed by atoms with E-state index < -0.39 is 65.8 Å². The highest BCUT2D eigenvalue weighted by Gasteiger charge is 2.35. The standard InChI is InChI=1S/C35H70O17/c1-25(36)9-43-17-34(18-44-10-26(2)37,19-45-11-27(3)38)23-49-15-31(7)51-33(42)52-32(8)16-50-24-35(20-46-12-28(4)39,21-47-13-29(5)40)22-48-14-30(6)41/h25-32,36-41H,9-24H2,1-8H3. The second-order valence-electron chi connectivity index (χ2n) is 14.3. The highest BCUT2D eigenvalue weighted by Crippen LogP contribution is 2.23. The van der Waals surface area contributed by atoms with Crippen molar-refractivity contribution in [2.45, 2.75) is 104 Å². The zero-order valence-electron chi connectivity index (χ0n) is 32.6. The molecule has 0 bridgehead atoms. The molecule has 0 fully saturated rings. The predicted molar refractivity (Wildman–Crippen MR) is 188 cm³/mol. The smallest absolute Gasteiger partial charge is 0.429 e. The van der Waals surface area contributed by atoms with Crippen LogP contribution in [0.5, 0.6) is 0 Å². The van der Waals surface area contributed by atoms with Crippen molar-refractivity contribution in [1.29, 1.82) is 0 Å². The lowest BCUT2D eigenvalue weighted by Gasteiger charge is -2.34. The highest BCUT2D eigenvalue weighted by molar-refractivity contribution is 5.60. The van der Waals surface area contributed by atoms with Gasteiger partial charge in [-0.2, -0.15) is 0 Å². The molecule has 8 unspecified atom stereocenters. The Bertz CT molecular complexity index is 717. The molecule has 312 valence electrons. The Morgan fingerprint density at radius 3 is 0.712 bits per heavy atom. The third kappa shape index (κ3) is 28.2. The maximum atomic E-state index is 12.6. The molecule has 17 nitrogen and oxygen atoms in total. The third-order valence-corrected chi connectivity index (χ3v) is 6.72. The van der Waals surface area contributed by atoms with Gasteiger partial charge in [-0.1, -0.05) is 0 Å². The van der Waals surface area contributed by atoms with Crippen molar-refractivity contribution >= 4 is 6.16 Å². The lowest BCUT2D eigenvalue weighted by atomic mass is 9.92. The molecular formula is C35H70O17. The summed E-state index contributed by atoms with van der Waals surface area (Å²) in [4.78, 5) is 12.6. The number of aliphatic hydroxyl groups excluding tert-OH is 6. The molecule has 0 aliphatic carbocycles. The maximum Gasteiger partial charge on any atom is 0.508 e. The number of hydrogen-bond acceptors (Lipinski definition) is 17. The molecule has 0 rings (SSSR count). The molecule has 0 heterocycles. The van der Waals surface area contributed by atoms with E-state index in [4.69, 9.17) is 47.4 Å². The Labute approximate surface area is 309 Å². The van der Waals surface area contributed by atoms with Crippen molar-refractivity contribution in [3.8, 4) is 0 Å². The first kappa shape index (κ1) is 50.7. The summed E-state index contributed by atoms with van der Waals surface area (Å²) in [6.07, 6.45) is -6.60. The van der Waals surface area contributed by atoms with Crippen molar-refractivity contribution in [2.24, 2.45) is 10.8 Å². The average Bonchev–Trinajstić information content (AvgIpc) is 2.99. The van der Waals surface area contributed by atoms with Crippen LogP contribution in [0.1, 0.15) is 55.4 Å². The number of carbonyl (C=O) groups excluding carboxylic acids is 1. The number of aliphatic hydroxyl groups is 6. The lowest BCUT2D eigenvalue weighted by molar-refractivity contribution is -0.133. The Hall–Kier alpha value is -1.29. The summed E-state index contributed by atoms with van der Waals surface area (Å²) in [6.45, 7) is 13.7. The van der Waals surface area contributed by atoms with Gasteiger partial charge in [0.1, 0.15) is 12.2 Å². The van der Waals surface area contributed by atoms with E-state index in [9.17, 15) is 35.4 Å². The SMILES string of the molecule is CC(O)COCC(COCC(C)O)(COCC(C)O)COCC(C)OC(=O)OC(C)COCC(COCC(C)O)(COCC(C)O)COCC(C)O. The molecule has 0 aliphatic heterocycles. The quantitative estimate of drug-likeness (QED) is 0.0485. The van der Waals surface area contributed by atoms with Gasteiger partial charge in [0, 0.05) is 0 Å². The van der Waals surface area contributed by atoms with Crippen LogP contribution >= 0.6 is 0 Å². The molecule has 0 saturated carbocycles. The fourth-order valence-electron chi connectivity index (χ4n) is 4.48. The van der Waals surface area contributed by atoms with Gasteiger partial charge in [-0.25, -0.2) is 4.79 Å². The second kappa shape index (κ2) is 29.1. The van der Waals surface area contributed by atoms with Crippen molar-refractivity contribution in [1.82, 2.24) is 0 Å². The summed E-state index contributed by atoms with van der Waals surface area (Å²) in [6, 6.07) is 0. The van der Waals surface area contributed by atoms with Crippen LogP contribution in [-0.4, -0.2) is 191 Å². The summed E-state index contributed by atoms with van der Waals surface area (Å²) < 4.78 is 56.8. The van der Waals surface area contributed by atoms with E-state index in [-0.39, 0.29) is 106 Å². The van der Waals surface area contributed by atoms with Gasteiger partial charge in [-0.3, -0.25) is 0 Å². The minimum absolute atomic E-state index is 0.0150. The Morgan fingerprint density at radius 1 is 0.365 bits per heavy atom. The molecule has 0 radical (unpaired) electrons. The maximum absolute atomic E-state index is 12.6. The van der Waals surface area contributed by atoms with Gasteiger partial charge in [-0.15, -0.1) is 0 Å². The van der Waals surface area contributed by atoms with Crippen LogP contribution in [0, 0.1) is 10.8 Å². The first-order valence-corrected chi connectivity index (χ1v) is 18.0. The molecule has 52 heavy (non-hydrogen) atoms. The average molecular weight is 763 g/mol. The number of carbonyl (C=O) groups is 1. The monoisotopic (exact) mass is 762 g/mol. The molecule has 8 atom stereocenters. The van der Waals surface area contributed by atoms with Gasteiger partial charge < -0.3 is 78.0 Å². The van der Waals surface area contributed by atoms with E-state index in [1.807, 2.05) is 0 Å². The first-order chi connectivity index (χ1) is 24.4. The molecule has 17 heteroatoms. The summed E-state index contributed by atoms with van der Waals surface area (Å²) in [7, 11) is 0. The van der Waals surface area contributed by atoms with E-state index in [0.717, 1.165) is 0 Å². The molecule has 0 amide bonds. The number of rotatable bonds is 34. The normalized spacial score (nSPS) is 19.0. The number of hydrogen-bond donors (Lipinski definition) is 6. The fraction of sp³-hybridized carbons (Fsp3) is 0.971. The largest absolute Gasteiger partial charge is 0.508 e. The second-order valence-corrected chi connectivity index (χ2v) is 14.3. The third-order valence-electron chi connectivity index (χ3n) is 6.72. The molecule has 6 N–H and O–H groups in total. The van der Waals surface area contributed by atoms with Crippen LogP contribution in [0.25, 0.3) is 0 Å². The Balaban J connectivity index is 5.25. The van der Waals surface area contributed by atoms with Crippen LogP contribution in [0.2, 0.25) is 0 Å². The van der Waals surface area contributed by atoms with Crippen LogP contribution in [0.15, 0.2) is 0 Å². The van der Waals surface area contributed by atoms with Crippen LogP contribution in [-0.2, 0) is 47.4 Å². The van der Waals surface area contributed by atoms with Crippen LogP contribution < -0.4 is 0 Å². The van der Waals surface area contributed by atoms with Crippen molar-refractivity contribution in [2.75, 3.05) is 106 Å². The van der Waals surface area contributed by atoms with Crippen molar-refractivity contribution in [3.63, 3.8) is 0 Å². The summed E-state index contributed by atoms with van der Waals surface area (Å²) in [5, 5.41) is 58.1. The van der Waals surface area contributed by atoms with E-state index in [1.54, 1.807) is 55.4 Å². The molecular weight excluding hydrogens is 692 g/mol. The minimum Gasteiger partial charge on any atom is -0.429 e. The van der Waals surface area contributed by atoms with Gasteiger partial charge in [0.2, 0.25) is 0 Å². The molecule has 0 aliphatic rings. The molecule has 0 saturated heterocycles. The van der Waals surface area contributed by atoms with Crippen molar-refractivity contribution in [3.05, 3.63) is 0 Å². The van der Waals surface area contributed by atoms with Crippen molar-refractivity contribution < 1.29 is 82.8 Å². The van der Waals surface area contributed by atoms with Gasteiger partial charge in [0.25, 0.3) is 0 Å². The zero-order valence-corrected chi connectivity index (χ0v) is 32.6.